The van der Waals surface area contributed by atoms with Crippen molar-refractivity contribution >= 4 is 32.6 Å². The summed E-state index contributed by atoms with van der Waals surface area (Å²) < 4.78 is 57.9. The Bertz CT molecular complexity index is 964. The summed E-state index contributed by atoms with van der Waals surface area (Å²) in [5.41, 5.74) is -3.72. The number of carbonyl (C=O) groups is 2. The maximum Gasteiger partial charge on any atom is 0.485 e. The highest BCUT2D eigenvalue weighted by molar-refractivity contribution is 7.98. The van der Waals surface area contributed by atoms with Crippen molar-refractivity contribution in [1.82, 2.24) is 0 Å². The molecule has 28 heavy (non-hydrogen) atoms. The molecule has 0 fully saturated rings. The van der Waals surface area contributed by atoms with E-state index in [4.69, 9.17) is 13.0 Å². The lowest BCUT2D eigenvalue weighted by Crippen LogP contribution is -2.45. The van der Waals surface area contributed by atoms with Crippen LogP contribution in [0.15, 0.2) is 54.6 Å². The Morgan fingerprint density at radius 3 is 1.54 bits per heavy atom. The maximum atomic E-state index is 13.0. The van der Waals surface area contributed by atoms with E-state index < -0.39 is 20.4 Å². The van der Waals surface area contributed by atoms with Crippen LogP contribution in [0.3, 0.4) is 0 Å². The smallest absolute Gasteiger partial charge is 0.485 e. The van der Waals surface area contributed by atoms with E-state index in [9.17, 15) is 22.8 Å². The van der Waals surface area contributed by atoms with Gasteiger partial charge >= 0.3 is 5.51 Å². The van der Waals surface area contributed by atoms with Crippen molar-refractivity contribution in [3.63, 3.8) is 0 Å². The van der Waals surface area contributed by atoms with Crippen LogP contribution in [0.5, 0.6) is 0 Å². The molecular weight excluding hydrogens is 417 g/mol. The summed E-state index contributed by atoms with van der Waals surface area (Å²) in [7, 11) is -6.48. The van der Waals surface area contributed by atoms with E-state index in [2.05, 4.69) is 0 Å². The van der Waals surface area contributed by atoms with Crippen LogP contribution in [0, 0.1) is 0 Å². The molecule has 1 aliphatic carbocycles. The van der Waals surface area contributed by atoms with E-state index in [1.165, 1.54) is 0 Å². The normalized spacial score (nSPS) is 15.8. The first-order chi connectivity index (χ1) is 12.8. The molecule has 3 rings (SSSR count). The fraction of sp³-hybridized carbons (Fsp3) is 0.222. The van der Waals surface area contributed by atoms with E-state index in [1.807, 2.05) is 55.0 Å². The Morgan fingerprint density at radius 1 is 0.857 bits per heavy atom. The monoisotopic (exact) mass is 432 g/mol. The molecule has 0 spiro atoms. The number of rotatable bonds is 2. The van der Waals surface area contributed by atoms with Crippen LogP contribution in [0.1, 0.15) is 26.3 Å². The van der Waals surface area contributed by atoms with Crippen molar-refractivity contribution in [3.05, 3.63) is 71.3 Å². The van der Waals surface area contributed by atoms with Gasteiger partial charge in [-0.05, 0) is 0 Å². The topological polar surface area (TPSA) is 91.3 Å². The van der Waals surface area contributed by atoms with Crippen LogP contribution in [0.2, 0.25) is 0 Å². The Labute approximate surface area is 162 Å². The second-order valence-electron chi connectivity index (χ2n) is 5.97. The Kier molecular flexibility index (Phi) is 6.07. The standard InChI is InChI=1S/C17H15O2S.CHF3O3S/c1-20(2)17(12-8-4-3-5-9-12)15(18)13-10-6-7-11-14(13)16(17)19;2-1(3,4)8(5,6)7/h3-11H,1-2H3;(H,5,6,7)/q+1;/p-1. The van der Waals surface area contributed by atoms with Gasteiger partial charge in [-0.25, -0.2) is 8.42 Å². The minimum atomic E-state index is -6.09. The van der Waals surface area contributed by atoms with Crippen LogP contribution in [0.4, 0.5) is 13.2 Å². The van der Waals surface area contributed by atoms with Gasteiger partial charge in [0.05, 0.1) is 12.5 Å². The lowest BCUT2D eigenvalue weighted by molar-refractivity contribution is -0.0517. The quantitative estimate of drug-likeness (QED) is 0.315. The molecule has 2 aromatic carbocycles. The van der Waals surface area contributed by atoms with Gasteiger partial charge in [-0.15, -0.1) is 0 Å². The first-order valence-electron chi connectivity index (χ1n) is 7.69. The molecule has 0 radical (unpaired) electrons. The zero-order chi connectivity index (χ0) is 21.3. The van der Waals surface area contributed by atoms with Gasteiger partial charge in [-0.3, -0.25) is 9.59 Å². The van der Waals surface area contributed by atoms with E-state index in [1.54, 1.807) is 12.1 Å². The molecule has 10 heteroatoms. The lowest BCUT2D eigenvalue weighted by Gasteiger charge is -2.22. The van der Waals surface area contributed by atoms with Gasteiger partial charge in [-0.1, -0.05) is 54.6 Å². The zero-order valence-electron chi connectivity index (χ0n) is 14.7. The molecule has 150 valence electrons. The third-order valence-corrected chi connectivity index (χ3v) is 6.53. The predicted octanol–water partition coefficient (Wildman–Crippen LogP) is 2.89. The number of halogens is 3. The third-order valence-electron chi connectivity index (χ3n) is 4.13. The molecule has 0 saturated heterocycles. The molecule has 0 saturated carbocycles. The van der Waals surface area contributed by atoms with Crippen LogP contribution < -0.4 is 0 Å². The molecule has 5 nitrogen and oxygen atoms in total. The molecule has 0 heterocycles. The molecule has 0 aromatic heterocycles. The van der Waals surface area contributed by atoms with Crippen molar-refractivity contribution < 1.29 is 35.7 Å². The third kappa shape index (κ3) is 3.71. The lowest BCUT2D eigenvalue weighted by atomic mass is 9.93. The van der Waals surface area contributed by atoms with Gasteiger partial charge in [-0.2, -0.15) is 13.2 Å². The molecule has 0 atom stereocenters. The number of benzene rings is 2. The summed E-state index contributed by atoms with van der Waals surface area (Å²) in [4.78, 5) is 25.9. The second kappa shape index (κ2) is 7.69. The number of carbonyl (C=O) groups excluding carboxylic acids is 2. The minimum absolute atomic E-state index is 0.0577. The SMILES string of the molecule is C[S+](C)C1(c2ccccc2)C(=O)c2ccccc2C1=O.O=S(=O)([O-])C(F)(F)F. The van der Waals surface area contributed by atoms with Crippen molar-refractivity contribution in [2.45, 2.75) is 10.3 Å². The number of hydrogen-bond donors (Lipinski definition) is 0. The second-order valence-corrected chi connectivity index (χ2v) is 9.58. The van der Waals surface area contributed by atoms with Gasteiger partial charge < -0.3 is 4.55 Å². The van der Waals surface area contributed by atoms with E-state index in [0.29, 0.717) is 11.1 Å². The molecule has 0 aliphatic heterocycles. The van der Waals surface area contributed by atoms with Crippen molar-refractivity contribution in [2.24, 2.45) is 0 Å². The van der Waals surface area contributed by atoms with Crippen LogP contribution >= 0.6 is 0 Å². The average molecular weight is 432 g/mol. The fourth-order valence-corrected chi connectivity index (χ4v) is 4.47. The van der Waals surface area contributed by atoms with Gasteiger partial charge in [0.1, 0.15) is 0 Å². The van der Waals surface area contributed by atoms with Crippen LogP contribution in [0.25, 0.3) is 0 Å². The summed E-state index contributed by atoms with van der Waals surface area (Å²) >= 11 is 0. The van der Waals surface area contributed by atoms with E-state index in [0.717, 1.165) is 5.56 Å². The average Bonchev–Trinajstić information content (AvgIpc) is 2.84. The van der Waals surface area contributed by atoms with Gasteiger partial charge in [0.2, 0.25) is 11.6 Å². The summed E-state index contributed by atoms with van der Waals surface area (Å²) in [5, 5.41) is 0. The molecule has 0 bridgehead atoms. The number of alkyl halides is 3. The maximum absolute atomic E-state index is 13.0. The highest BCUT2D eigenvalue weighted by atomic mass is 32.2. The van der Waals surface area contributed by atoms with Gasteiger partial charge in [0.25, 0.3) is 4.75 Å². The van der Waals surface area contributed by atoms with Crippen molar-refractivity contribution in [2.75, 3.05) is 12.5 Å². The van der Waals surface area contributed by atoms with Crippen molar-refractivity contribution in [3.8, 4) is 0 Å². The van der Waals surface area contributed by atoms with Crippen molar-refractivity contribution in [1.29, 1.82) is 0 Å². The first kappa shape index (κ1) is 22.1. The predicted molar refractivity (Wildman–Crippen MR) is 98.2 cm³/mol. The summed E-state index contributed by atoms with van der Waals surface area (Å²) in [6.07, 6.45) is 3.93. The number of ketones is 2. The van der Waals surface area contributed by atoms with Crippen LogP contribution in [-0.4, -0.2) is 42.6 Å². The number of hydrogen-bond acceptors (Lipinski definition) is 5. The summed E-state index contributed by atoms with van der Waals surface area (Å²) in [5.74, 6) is -0.115. The van der Waals surface area contributed by atoms with Gasteiger partial charge in [0.15, 0.2) is 10.1 Å². The molecule has 0 unspecified atom stereocenters. The highest BCUT2D eigenvalue weighted by Crippen LogP contribution is 2.43. The fourth-order valence-electron chi connectivity index (χ4n) is 2.90. The Morgan fingerprint density at radius 2 is 1.21 bits per heavy atom. The summed E-state index contributed by atoms with van der Waals surface area (Å²) in [6, 6.07) is 16.6. The molecule has 0 amide bonds. The molecular formula is C18H15F3O5S2. The Hall–Kier alpha value is -2.17. The minimum Gasteiger partial charge on any atom is -0.741 e. The largest absolute Gasteiger partial charge is 0.741 e. The number of fused-ring (bicyclic) bond motifs is 1. The Balaban J connectivity index is 0.000000300. The van der Waals surface area contributed by atoms with E-state index in [-0.39, 0.29) is 22.5 Å². The number of Topliss-reactive ketones (excluding diaryl/α,β-unsaturated/α-hetero) is 2. The first-order valence-corrected chi connectivity index (χ1v) is 11.1. The summed E-state index contributed by atoms with van der Waals surface area (Å²) in [6.45, 7) is 0. The van der Waals surface area contributed by atoms with Gasteiger partial charge in [0, 0.05) is 27.6 Å². The molecule has 1 aliphatic rings. The molecule has 0 N–H and O–H groups in total. The molecule has 2 aromatic rings. The zero-order valence-corrected chi connectivity index (χ0v) is 16.3. The van der Waals surface area contributed by atoms with E-state index >= 15 is 0 Å². The van der Waals surface area contributed by atoms with Crippen LogP contribution in [-0.2, 0) is 25.8 Å². The highest BCUT2D eigenvalue weighted by Gasteiger charge is 2.63.